The van der Waals surface area contributed by atoms with Crippen LogP contribution in [0.5, 0.6) is 0 Å². The molecule has 5 N–H and O–H groups in total. The number of carbonyl (C=O) groups excluding carboxylic acids is 2. The van der Waals surface area contributed by atoms with Crippen LogP contribution in [0, 0.1) is 0 Å². The third-order valence-electron chi connectivity index (χ3n) is 2.49. The molecule has 0 spiro atoms. The molecule has 1 atom stereocenters. The van der Waals surface area contributed by atoms with Crippen molar-refractivity contribution in [1.29, 1.82) is 0 Å². The van der Waals surface area contributed by atoms with Gasteiger partial charge in [-0.25, -0.2) is 4.98 Å². The average Bonchev–Trinajstić information content (AvgIpc) is 2.67. The Bertz CT molecular complexity index is 623. The number of pyridine rings is 1. The minimum atomic E-state index is -0.741. The molecule has 0 bridgehead atoms. The van der Waals surface area contributed by atoms with E-state index in [-0.39, 0.29) is 0 Å². The second-order valence-corrected chi connectivity index (χ2v) is 4.80. The predicted octanol–water partition coefficient (Wildman–Crippen LogP) is 0.482. The Morgan fingerprint density at radius 3 is 2.83 bits per heavy atom. The number of nitrogens with zero attached hydrogens (tertiary/aromatic N) is 1. The first-order chi connectivity index (χ1) is 8.50. The van der Waals surface area contributed by atoms with Gasteiger partial charge in [0.05, 0.1) is 5.69 Å². The highest BCUT2D eigenvalue weighted by molar-refractivity contribution is 7.21. The molecule has 2 amide bonds. The van der Waals surface area contributed by atoms with E-state index in [1.807, 2.05) is 0 Å². The van der Waals surface area contributed by atoms with E-state index in [4.69, 9.17) is 11.5 Å². The van der Waals surface area contributed by atoms with Gasteiger partial charge >= 0.3 is 0 Å². The summed E-state index contributed by atoms with van der Waals surface area (Å²) in [6.45, 7) is 1.52. The first-order valence-corrected chi connectivity index (χ1v) is 6.05. The predicted molar refractivity (Wildman–Crippen MR) is 70.2 cm³/mol. The van der Waals surface area contributed by atoms with Crippen LogP contribution in [0.15, 0.2) is 18.3 Å². The number of anilines is 1. The van der Waals surface area contributed by atoms with Crippen molar-refractivity contribution in [3.05, 3.63) is 23.2 Å². The Morgan fingerprint density at radius 1 is 1.50 bits per heavy atom. The lowest BCUT2D eigenvalue weighted by molar-refractivity contribution is -0.119. The number of aromatic nitrogens is 1. The molecule has 18 heavy (non-hydrogen) atoms. The molecule has 0 aromatic carbocycles. The van der Waals surface area contributed by atoms with Crippen LogP contribution < -0.4 is 16.8 Å². The molecule has 1 unspecified atom stereocenters. The molecule has 7 heteroatoms. The summed E-state index contributed by atoms with van der Waals surface area (Å²) in [4.78, 5) is 28.0. The standard InChI is InChI=1S/C11H12N4O2S/c1-5(9(13)16)15-10(17)8-7(12)6-3-2-4-14-11(6)18-8/h2-5H,12H2,1H3,(H2,13,16)(H,15,17). The van der Waals surface area contributed by atoms with Gasteiger partial charge in [-0.05, 0) is 19.1 Å². The number of nitrogens with one attached hydrogen (secondary N) is 1. The molecule has 0 aliphatic carbocycles. The van der Waals surface area contributed by atoms with Crippen molar-refractivity contribution in [2.24, 2.45) is 5.73 Å². The second kappa shape index (κ2) is 4.61. The maximum Gasteiger partial charge on any atom is 0.264 e. The molecule has 0 saturated carbocycles. The summed E-state index contributed by atoms with van der Waals surface area (Å²) in [5.41, 5.74) is 11.3. The Kier molecular flexibility index (Phi) is 3.15. The SMILES string of the molecule is CC(NC(=O)c1sc2ncccc2c1N)C(N)=O. The summed E-state index contributed by atoms with van der Waals surface area (Å²) in [6.07, 6.45) is 1.63. The lowest BCUT2D eigenvalue weighted by Crippen LogP contribution is -2.42. The van der Waals surface area contributed by atoms with Crippen molar-refractivity contribution in [3.8, 4) is 0 Å². The van der Waals surface area contributed by atoms with E-state index in [1.165, 1.54) is 18.3 Å². The minimum absolute atomic E-state index is 0.344. The van der Waals surface area contributed by atoms with E-state index in [2.05, 4.69) is 10.3 Å². The highest BCUT2D eigenvalue weighted by Crippen LogP contribution is 2.31. The van der Waals surface area contributed by atoms with Gasteiger partial charge in [-0.3, -0.25) is 9.59 Å². The zero-order valence-corrected chi connectivity index (χ0v) is 10.5. The third-order valence-corrected chi connectivity index (χ3v) is 3.61. The van der Waals surface area contributed by atoms with Gasteiger partial charge in [0.15, 0.2) is 0 Å². The van der Waals surface area contributed by atoms with Gasteiger partial charge in [0, 0.05) is 11.6 Å². The first kappa shape index (κ1) is 12.3. The number of rotatable bonds is 3. The topological polar surface area (TPSA) is 111 Å². The van der Waals surface area contributed by atoms with Crippen LogP contribution in [-0.2, 0) is 4.79 Å². The highest BCUT2D eigenvalue weighted by atomic mass is 32.1. The Balaban J connectivity index is 2.34. The summed E-state index contributed by atoms with van der Waals surface area (Å²) in [5, 5.41) is 3.22. The summed E-state index contributed by atoms with van der Waals surface area (Å²) in [7, 11) is 0. The monoisotopic (exact) mass is 264 g/mol. The Labute approximate surface area is 107 Å². The van der Waals surface area contributed by atoms with Gasteiger partial charge in [0.25, 0.3) is 5.91 Å². The summed E-state index contributed by atoms with van der Waals surface area (Å²) in [6, 6.07) is 2.80. The zero-order valence-electron chi connectivity index (χ0n) is 9.64. The molecule has 94 valence electrons. The van der Waals surface area contributed by atoms with Crippen LogP contribution in [0.2, 0.25) is 0 Å². The normalized spacial score (nSPS) is 12.3. The molecule has 6 nitrogen and oxygen atoms in total. The Morgan fingerprint density at radius 2 is 2.22 bits per heavy atom. The van der Waals surface area contributed by atoms with Crippen LogP contribution >= 0.6 is 11.3 Å². The van der Waals surface area contributed by atoms with Gasteiger partial charge in [-0.1, -0.05) is 0 Å². The first-order valence-electron chi connectivity index (χ1n) is 5.24. The highest BCUT2D eigenvalue weighted by Gasteiger charge is 2.19. The maximum absolute atomic E-state index is 11.9. The molecular weight excluding hydrogens is 252 g/mol. The molecule has 0 fully saturated rings. The fourth-order valence-corrected chi connectivity index (χ4v) is 2.42. The van der Waals surface area contributed by atoms with E-state index >= 15 is 0 Å². The van der Waals surface area contributed by atoms with Crippen LogP contribution in [0.4, 0.5) is 5.69 Å². The zero-order chi connectivity index (χ0) is 13.3. The fraction of sp³-hybridized carbons (Fsp3) is 0.182. The van der Waals surface area contributed by atoms with E-state index in [9.17, 15) is 9.59 Å². The van der Waals surface area contributed by atoms with E-state index in [0.717, 1.165) is 5.39 Å². The number of carbonyl (C=O) groups is 2. The number of nitrogens with two attached hydrogens (primary N) is 2. The van der Waals surface area contributed by atoms with Crippen LogP contribution in [-0.4, -0.2) is 22.8 Å². The number of thiophene rings is 1. The number of amides is 2. The van der Waals surface area contributed by atoms with Crippen molar-refractivity contribution >= 4 is 39.1 Å². The van der Waals surface area contributed by atoms with Crippen LogP contribution in [0.3, 0.4) is 0 Å². The lowest BCUT2D eigenvalue weighted by atomic mass is 10.2. The molecule has 2 rings (SSSR count). The minimum Gasteiger partial charge on any atom is -0.397 e. The van der Waals surface area contributed by atoms with Crippen molar-refractivity contribution < 1.29 is 9.59 Å². The van der Waals surface area contributed by atoms with Gasteiger partial charge in [-0.15, -0.1) is 11.3 Å². The molecule has 0 aliphatic heterocycles. The van der Waals surface area contributed by atoms with E-state index < -0.39 is 17.9 Å². The molecule has 0 saturated heterocycles. The van der Waals surface area contributed by atoms with Crippen molar-refractivity contribution in [2.45, 2.75) is 13.0 Å². The summed E-state index contributed by atoms with van der Waals surface area (Å²) >= 11 is 1.19. The van der Waals surface area contributed by atoms with Gasteiger partial charge in [0.2, 0.25) is 5.91 Å². The smallest absolute Gasteiger partial charge is 0.264 e. The molecule has 2 aromatic rings. The lowest BCUT2D eigenvalue weighted by Gasteiger charge is -2.08. The number of fused-ring (bicyclic) bond motifs is 1. The number of hydrogen-bond acceptors (Lipinski definition) is 5. The van der Waals surface area contributed by atoms with Gasteiger partial charge in [-0.2, -0.15) is 0 Å². The van der Waals surface area contributed by atoms with Crippen LogP contribution in [0.25, 0.3) is 10.2 Å². The van der Waals surface area contributed by atoms with E-state index in [1.54, 1.807) is 18.3 Å². The summed E-state index contributed by atoms with van der Waals surface area (Å²) in [5.74, 6) is -1.01. The Hall–Kier alpha value is -2.15. The van der Waals surface area contributed by atoms with Crippen molar-refractivity contribution in [2.75, 3.05) is 5.73 Å². The van der Waals surface area contributed by atoms with Gasteiger partial charge in [0.1, 0.15) is 15.7 Å². The molecular formula is C11H12N4O2S. The number of nitrogen functional groups attached to an aromatic ring is 1. The van der Waals surface area contributed by atoms with Crippen molar-refractivity contribution in [1.82, 2.24) is 10.3 Å². The summed E-state index contributed by atoms with van der Waals surface area (Å²) < 4.78 is 0. The van der Waals surface area contributed by atoms with E-state index in [0.29, 0.717) is 15.4 Å². The number of hydrogen-bond donors (Lipinski definition) is 3. The quantitative estimate of drug-likeness (QED) is 0.748. The molecule has 0 aliphatic rings. The molecule has 2 heterocycles. The van der Waals surface area contributed by atoms with Crippen molar-refractivity contribution in [3.63, 3.8) is 0 Å². The van der Waals surface area contributed by atoms with Gasteiger partial charge < -0.3 is 16.8 Å². The second-order valence-electron chi connectivity index (χ2n) is 3.80. The molecule has 0 radical (unpaired) electrons. The third kappa shape index (κ3) is 2.12. The molecule has 2 aromatic heterocycles. The van der Waals surface area contributed by atoms with Crippen LogP contribution in [0.1, 0.15) is 16.6 Å². The fourth-order valence-electron chi connectivity index (χ4n) is 1.45. The maximum atomic E-state index is 11.9. The average molecular weight is 264 g/mol. The number of primary amides is 1. The largest absolute Gasteiger partial charge is 0.397 e.